The van der Waals surface area contributed by atoms with Crippen LogP contribution in [0, 0.1) is 11.8 Å². The summed E-state index contributed by atoms with van der Waals surface area (Å²) in [5.74, 6) is 1.87. The summed E-state index contributed by atoms with van der Waals surface area (Å²) in [6.45, 7) is 8.75. The van der Waals surface area contributed by atoms with Gasteiger partial charge in [0.15, 0.2) is 0 Å². The van der Waals surface area contributed by atoms with Crippen molar-refractivity contribution in [2.45, 2.75) is 32.7 Å². The van der Waals surface area contributed by atoms with Gasteiger partial charge in [0.2, 0.25) is 0 Å². The third-order valence-electron chi connectivity index (χ3n) is 3.59. The Morgan fingerprint density at radius 3 is 2.69 bits per heavy atom. The molecule has 0 radical (unpaired) electrons. The van der Waals surface area contributed by atoms with Crippen LogP contribution < -0.4 is 5.32 Å². The van der Waals surface area contributed by atoms with Crippen molar-refractivity contribution in [1.29, 1.82) is 0 Å². The minimum Gasteiger partial charge on any atom is -0.383 e. The van der Waals surface area contributed by atoms with Crippen LogP contribution in [0.25, 0.3) is 0 Å². The van der Waals surface area contributed by atoms with Crippen molar-refractivity contribution >= 4 is 0 Å². The Morgan fingerprint density at radius 1 is 1.50 bits per heavy atom. The molecule has 0 aromatic rings. The van der Waals surface area contributed by atoms with Gasteiger partial charge >= 0.3 is 0 Å². The van der Waals surface area contributed by atoms with E-state index in [1.807, 2.05) is 0 Å². The van der Waals surface area contributed by atoms with E-state index >= 15 is 0 Å². The van der Waals surface area contributed by atoms with Gasteiger partial charge in [0.05, 0.1) is 6.61 Å². The molecule has 1 aliphatic carbocycles. The molecule has 0 heterocycles. The average molecular weight is 228 g/mol. The van der Waals surface area contributed by atoms with Gasteiger partial charge < -0.3 is 10.1 Å². The smallest absolute Gasteiger partial charge is 0.0630 e. The zero-order valence-electron chi connectivity index (χ0n) is 11.3. The second kappa shape index (κ2) is 7.25. The summed E-state index contributed by atoms with van der Waals surface area (Å²) >= 11 is 0. The van der Waals surface area contributed by atoms with E-state index in [9.17, 15) is 0 Å². The molecule has 0 saturated heterocycles. The molecule has 0 aromatic carbocycles. The zero-order valence-corrected chi connectivity index (χ0v) is 11.3. The van der Waals surface area contributed by atoms with E-state index in [1.165, 1.54) is 19.4 Å². The van der Waals surface area contributed by atoms with Gasteiger partial charge in [-0.2, -0.15) is 0 Å². The third kappa shape index (κ3) is 4.81. The topological polar surface area (TPSA) is 24.5 Å². The maximum absolute atomic E-state index is 5.30. The largest absolute Gasteiger partial charge is 0.383 e. The van der Waals surface area contributed by atoms with Crippen molar-refractivity contribution < 1.29 is 4.74 Å². The monoisotopic (exact) mass is 228 g/mol. The van der Waals surface area contributed by atoms with Crippen LogP contribution in [0.15, 0.2) is 0 Å². The van der Waals surface area contributed by atoms with E-state index < -0.39 is 0 Å². The highest BCUT2D eigenvalue weighted by molar-refractivity contribution is 4.86. The molecular weight excluding hydrogens is 200 g/mol. The first-order valence-corrected chi connectivity index (χ1v) is 6.58. The second-order valence-electron chi connectivity index (χ2n) is 5.23. The molecule has 1 aliphatic rings. The Balaban J connectivity index is 2.23. The minimum absolute atomic E-state index is 0.518. The van der Waals surface area contributed by atoms with Gasteiger partial charge in [-0.3, -0.25) is 4.90 Å². The molecule has 96 valence electrons. The fourth-order valence-corrected chi connectivity index (χ4v) is 2.15. The molecule has 3 atom stereocenters. The van der Waals surface area contributed by atoms with Crippen LogP contribution in [-0.4, -0.2) is 51.3 Å². The summed E-state index contributed by atoms with van der Waals surface area (Å²) < 4.78 is 5.30. The number of nitrogens with one attached hydrogen (secondary N) is 1. The van der Waals surface area contributed by atoms with E-state index in [0.717, 1.165) is 31.5 Å². The van der Waals surface area contributed by atoms with Gasteiger partial charge in [-0.15, -0.1) is 0 Å². The first-order valence-electron chi connectivity index (χ1n) is 6.58. The maximum atomic E-state index is 5.30. The number of nitrogens with zero attached hydrogens (tertiary/aromatic N) is 1. The lowest BCUT2D eigenvalue weighted by Gasteiger charge is -2.28. The van der Waals surface area contributed by atoms with Gasteiger partial charge in [0.25, 0.3) is 0 Å². The summed E-state index contributed by atoms with van der Waals surface area (Å²) in [4.78, 5) is 2.46. The van der Waals surface area contributed by atoms with Crippen LogP contribution in [0.2, 0.25) is 0 Å². The van der Waals surface area contributed by atoms with E-state index in [-0.39, 0.29) is 0 Å². The van der Waals surface area contributed by atoms with Crippen LogP contribution >= 0.6 is 0 Å². The molecule has 16 heavy (non-hydrogen) atoms. The standard InChI is InChI=1S/C13H28N2O/c1-5-6-14-8-13(10-16-4)15(3)9-12-7-11(12)2/h11-14H,5-10H2,1-4H3. The van der Waals surface area contributed by atoms with E-state index in [1.54, 1.807) is 7.11 Å². The predicted octanol–water partition coefficient (Wildman–Crippen LogP) is 1.59. The normalized spacial score (nSPS) is 26.1. The molecule has 0 amide bonds. The highest BCUT2D eigenvalue weighted by Gasteiger charge is 2.34. The number of rotatable bonds is 9. The van der Waals surface area contributed by atoms with Crippen LogP contribution in [0.1, 0.15) is 26.7 Å². The van der Waals surface area contributed by atoms with Gasteiger partial charge in [0, 0.05) is 26.2 Å². The summed E-state index contributed by atoms with van der Waals surface area (Å²) in [6, 6.07) is 0.518. The van der Waals surface area contributed by atoms with Gasteiger partial charge in [-0.05, 0) is 38.3 Å². The average Bonchev–Trinajstić information content (AvgIpc) is 2.93. The third-order valence-corrected chi connectivity index (χ3v) is 3.59. The van der Waals surface area contributed by atoms with Crippen molar-refractivity contribution in [2.24, 2.45) is 11.8 Å². The Kier molecular flexibility index (Phi) is 6.32. The van der Waals surface area contributed by atoms with Gasteiger partial charge in [0.1, 0.15) is 0 Å². The molecule has 3 unspecified atom stereocenters. The molecule has 3 heteroatoms. The van der Waals surface area contributed by atoms with Crippen molar-refractivity contribution in [3.05, 3.63) is 0 Å². The number of hydrogen-bond donors (Lipinski definition) is 1. The highest BCUT2D eigenvalue weighted by Crippen LogP contribution is 2.38. The van der Waals surface area contributed by atoms with Crippen LogP contribution in [0.5, 0.6) is 0 Å². The fraction of sp³-hybridized carbons (Fsp3) is 1.00. The molecule has 1 rings (SSSR count). The molecule has 1 fully saturated rings. The van der Waals surface area contributed by atoms with Crippen molar-refractivity contribution in [3.8, 4) is 0 Å². The number of hydrogen-bond acceptors (Lipinski definition) is 3. The first-order chi connectivity index (χ1) is 7.69. The Morgan fingerprint density at radius 2 is 2.19 bits per heavy atom. The summed E-state index contributed by atoms with van der Waals surface area (Å²) in [5, 5.41) is 3.48. The molecule has 0 bridgehead atoms. The van der Waals surface area contributed by atoms with Gasteiger partial charge in [-0.1, -0.05) is 13.8 Å². The lowest BCUT2D eigenvalue weighted by Crippen LogP contribution is -2.44. The lowest BCUT2D eigenvalue weighted by atomic mass is 10.2. The van der Waals surface area contributed by atoms with Crippen molar-refractivity contribution in [2.75, 3.05) is 40.4 Å². The summed E-state index contributed by atoms with van der Waals surface area (Å²) in [5.41, 5.74) is 0. The number of ether oxygens (including phenoxy) is 1. The number of methoxy groups -OCH3 is 1. The van der Waals surface area contributed by atoms with Crippen LogP contribution in [0.3, 0.4) is 0 Å². The van der Waals surface area contributed by atoms with E-state index in [0.29, 0.717) is 6.04 Å². The van der Waals surface area contributed by atoms with E-state index in [4.69, 9.17) is 4.74 Å². The molecule has 0 aliphatic heterocycles. The van der Waals surface area contributed by atoms with Crippen LogP contribution in [0.4, 0.5) is 0 Å². The maximum Gasteiger partial charge on any atom is 0.0630 e. The predicted molar refractivity (Wildman–Crippen MR) is 68.7 cm³/mol. The molecule has 1 N–H and O–H groups in total. The number of likely N-dealkylation sites (N-methyl/N-ethyl adjacent to an activating group) is 1. The van der Waals surface area contributed by atoms with Crippen molar-refractivity contribution in [3.63, 3.8) is 0 Å². The second-order valence-corrected chi connectivity index (χ2v) is 5.23. The minimum atomic E-state index is 0.518. The summed E-state index contributed by atoms with van der Waals surface area (Å²) in [7, 11) is 4.02. The zero-order chi connectivity index (χ0) is 12.0. The fourth-order valence-electron chi connectivity index (χ4n) is 2.15. The Bertz CT molecular complexity index is 187. The van der Waals surface area contributed by atoms with Gasteiger partial charge in [-0.25, -0.2) is 0 Å². The van der Waals surface area contributed by atoms with Crippen molar-refractivity contribution in [1.82, 2.24) is 10.2 Å². The molecular formula is C13H28N2O. The summed E-state index contributed by atoms with van der Waals surface area (Å²) in [6.07, 6.45) is 2.61. The van der Waals surface area contributed by atoms with Crippen LogP contribution in [-0.2, 0) is 4.74 Å². The quantitative estimate of drug-likeness (QED) is 0.607. The van der Waals surface area contributed by atoms with E-state index in [2.05, 4.69) is 31.1 Å². The molecule has 3 nitrogen and oxygen atoms in total. The Labute approximate surface area is 101 Å². The SMILES string of the molecule is CCCNCC(COC)N(C)CC1CC1C. The molecule has 0 aromatic heterocycles. The lowest BCUT2D eigenvalue weighted by molar-refractivity contribution is 0.102. The molecule has 0 spiro atoms. The first kappa shape index (κ1) is 13.9. The highest BCUT2D eigenvalue weighted by atomic mass is 16.5. The molecule has 1 saturated carbocycles. The Hall–Kier alpha value is -0.120.